The van der Waals surface area contributed by atoms with E-state index >= 15 is 0 Å². The number of amides is 3. The summed E-state index contributed by atoms with van der Waals surface area (Å²) in [4.78, 5) is 49.0. The third kappa shape index (κ3) is 5.64. The first-order valence-corrected chi connectivity index (χ1v) is 16.5. The summed E-state index contributed by atoms with van der Waals surface area (Å²) in [5, 5.41) is 6.39. The van der Waals surface area contributed by atoms with E-state index in [0.29, 0.717) is 24.1 Å². The van der Waals surface area contributed by atoms with Gasteiger partial charge in [-0.25, -0.2) is 0 Å². The fourth-order valence-electron chi connectivity index (χ4n) is 8.30. The quantitative estimate of drug-likeness (QED) is 0.429. The van der Waals surface area contributed by atoms with E-state index in [2.05, 4.69) is 41.2 Å². The fraction of sp³-hybridized carbons (Fsp3) is 0.676. The predicted octanol–water partition coefficient (Wildman–Crippen LogP) is 3.05. The van der Waals surface area contributed by atoms with Crippen LogP contribution in [0, 0.1) is 30.6 Å². The first-order valence-electron chi connectivity index (χ1n) is 16.5. The van der Waals surface area contributed by atoms with Crippen molar-refractivity contribution in [3.63, 3.8) is 0 Å². The molecule has 4 fully saturated rings. The molecule has 3 amide bonds. The van der Waals surface area contributed by atoms with Crippen LogP contribution < -0.4 is 10.6 Å². The fourth-order valence-corrected chi connectivity index (χ4v) is 8.30. The molecular weight excluding hydrogens is 542 g/mol. The van der Waals surface area contributed by atoms with E-state index in [1.807, 2.05) is 43.3 Å². The lowest BCUT2D eigenvalue weighted by atomic mass is 9.73. The normalized spacial score (nSPS) is 35.8. The molecule has 4 aliphatic heterocycles. The van der Waals surface area contributed by atoms with Crippen LogP contribution in [-0.2, 0) is 19.1 Å². The number of nitrogens with one attached hydrogen (secondary N) is 2. The van der Waals surface area contributed by atoms with E-state index < -0.39 is 29.6 Å². The van der Waals surface area contributed by atoms with Gasteiger partial charge in [0.15, 0.2) is 0 Å². The number of hydrogen-bond donors (Lipinski definition) is 2. The first kappa shape index (κ1) is 30.3. The predicted molar refractivity (Wildman–Crippen MR) is 166 cm³/mol. The molecule has 6 rings (SSSR count). The second-order valence-corrected chi connectivity index (χ2v) is 13.6. The minimum Gasteiger partial charge on any atom is -0.359 e. The Morgan fingerprint density at radius 2 is 1.81 bits per heavy atom. The molecule has 5 aliphatic rings. The molecule has 1 aliphatic carbocycles. The van der Waals surface area contributed by atoms with E-state index in [0.717, 1.165) is 64.1 Å². The van der Waals surface area contributed by atoms with Gasteiger partial charge >= 0.3 is 0 Å². The molecule has 3 saturated heterocycles. The zero-order chi connectivity index (χ0) is 30.3. The molecule has 9 heteroatoms. The molecule has 2 N–H and O–H groups in total. The summed E-state index contributed by atoms with van der Waals surface area (Å²) in [5.74, 6) is -1.03. The Hall–Kier alpha value is -2.75. The van der Waals surface area contributed by atoms with Gasteiger partial charge in [0.05, 0.1) is 17.9 Å². The average molecular weight is 592 g/mol. The van der Waals surface area contributed by atoms with Gasteiger partial charge in [0.2, 0.25) is 17.7 Å². The molecule has 1 aromatic rings. The lowest BCUT2D eigenvalue weighted by molar-refractivity contribution is -0.141. The maximum Gasteiger partial charge on any atom is 0.246 e. The smallest absolute Gasteiger partial charge is 0.246 e. The summed E-state index contributed by atoms with van der Waals surface area (Å²) in [5.41, 5.74) is 0.614. The number of carbonyl (C=O) groups is 3. The minimum absolute atomic E-state index is 0.0708. The second kappa shape index (κ2) is 12.3. The molecule has 8 atom stereocenters. The standard InChI is InChI=1S/C34H49N5O4/c1-5-37-17-19-38(20-18-37)15-8-16-39-30(32(41)36-26-12-7-10-23(3)24(26)4)34-14-13-27(43-34)28(29(34)33(39)42)31(40)35-25-11-6-9-22(2)21-25/h6,9,11,13-14,21,23-24,26-30H,5,7-8,10,12,15-20H2,1-4H3,(H,35,40)(H,36,41)/t23-,24-,26+,27-,28+,29-,30-,34-/m0/s1. The van der Waals surface area contributed by atoms with Gasteiger partial charge in [0.25, 0.3) is 0 Å². The lowest BCUT2D eigenvalue weighted by Gasteiger charge is -2.38. The Bertz CT molecular complexity index is 1240. The maximum atomic E-state index is 14.3. The number of ether oxygens (including phenoxy) is 1. The highest BCUT2D eigenvalue weighted by molar-refractivity contribution is 6.02. The minimum atomic E-state index is -1.13. The van der Waals surface area contributed by atoms with Crippen molar-refractivity contribution in [2.24, 2.45) is 23.7 Å². The van der Waals surface area contributed by atoms with Crippen molar-refractivity contribution >= 4 is 23.4 Å². The number of fused-ring (bicyclic) bond motifs is 1. The molecule has 1 saturated carbocycles. The van der Waals surface area contributed by atoms with Crippen molar-refractivity contribution in [2.75, 3.05) is 51.1 Å². The Kier molecular flexibility index (Phi) is 8.68. The number of rotatable bonds is 9. The number of nitrogens with zero attached hydrogens (tertiary/aromatic N) is 3. The van der Waals surface area contributed by atoms with E-state index in [-0.39, 0.29) is 23.8 Å². The Morgan fingerprint density at radius 1 is 1.05 bits per heavy atom. The van der Waals surface area contributed by atoms with Crippen LogP contribution in [0.4, 0.5) is 5.69 Å². The number of carbonyl (C=O) groups excluding carboxylic acids is 3. The number of benzene rings is 1. The number of likely N-dealkylation sites (N-methyl/N-ethyl adjacent to an activating group) is 1. The summed E-state index contributed by atoms with van der Waals surface area (Å²) in [6.45, 7) is 15.2. The van der Waals surface area contributed by atoms with Crippen LogP contribution in [-0.4, -0.2) is 102 Å². The van der Waals surface area contributed by atoms with Gasteiger partial charge < -0.3 is 30.1 Å². The van der Waals surface area contributed by atoms with Crippen molar-refractivity contribution < 1.29 is 19.1 Å². The summed E-state index contributed by atoms with van der Waals surface area (Å²) < 4.78 is 6.56. The van der Waals surface area contributed by atoms with Crippen molar-refractivity contribution in [3.05, 3.63) is 42.0 Å². The molecule has 43 heavy (non-hydrogen) atoms. The summed E-state index contributed by atoms with van der Waals surface area (Å²) in [7, 11) is 0. The largest absolute Gasteiger partial charge is 0.359 e. The monoisotopic (exact) mass is 591 g/mol. The highest BCUT2D eigenvalue weighted by Crippen LogP contribution is 2.55. The third-order valence-corrected chi connectivity index (χ3v) is 11.0. The highest BCUT2D eigenvalue weighted by atomic mass is 16.5. The van der Waals surface area contributed by atoms with Crippen molar-refractivity contribution in [1.82, 2.24) is 20.0 Å². The molecule has 234 valence electrons. The Balaban J connectivity index is 1.22. The Labute approximate surface area is 256 Å². The molecule has 0 aromatic heterocycles. The zero-order valence-electron chi connectivity index (χ0n) is 26.3. The highest BCUT2D eigenvalue weighted by Gasteiger charge is 2.72. The SMILES string of the molecule is CCN1CCN(CCCN2C(=O)[C@@H]3[C@H](C(=O)Nc4cccc(C)c4)[C@@H]4C=C[C@@]3(O4)[C@@H]2C(=O)N[C@@H]2CCC[C@H](C)[C@@H]2C)CC1. The number of piperazine rings is 1. The van der Waals surface area contributed by atoms with Crippen LogP contribution in [0.2, 0.25) is 0 Å². The summed E-state index contributed by atoms with van der Waals surface area (Å²) in [6.07, 6.45) is 7.26. The molecule has 1 aromatic carbocycles. The molecule has 4 heterocycles. The summed E-state index contributed by atoms with van der Waals surface area (Å²) in [6, 6.07) is 6.94. The Morgan fingerprint density at radius 3 is 2.56 bits per heavy atom. The van der Waals surface area contributed by atoms with Gasteiger partial charge in [0.1, 0.15) is 11.6 Å². The zero-order valence-corrected chi connectivity index (χ0v) is 26.3. The topological polar surface area (TPSA) is 94.2 Å². The molecule has 0 radical (unpaired) electrons. The van der Waals surface area contributed by atoms with E-state index in [1.165, 1.54) is 6.42 Å². The van der Waals surface area contributed by atoms with E-state index in [1.54, 1.807) is 4.90 Å². The molecule has 9 nitrogen and oxygen atoms in total. The van der Waals surface area contributed by atoms with Crippen LogP contribution in [0.5, 0.6) is 0 Å². The van der Waals surface area contributed by atoms with Crippen LogP contribution in [0.3, 0.4) is 0 Å². The number of hydrogen-bond acceptors (Lipinski definition) is 6. The van der Waals surface area contributed by atoms with Crippen LogP contribution in [0.1, 0.15) is 52.0 Å². The number of anilines is 1. The van der Waals surface area contributed by atoms with Gasteiger partial charge in [-0.05, 0) is 62.4 Å². The van der Waals surface area contributed by atoms with Crippen LogP contribution >= 0.6 is 0 Å². The molecule has 1 spiro atoms. The molecule has 0 unspecified atom stereocenters. The van der Waals surface area contributed by atoms with E-state index in [9.17, 15) is 14.4 Å². The van der Waals surface area contributed by atoms with Gasteiger partial charge in [-0.1, -0.05) is 57.9 Å². The van der Waals surface area contributed by atoms with E-state index in [4.69, 9.17) is 4.74 Å². The number of likely N-dealkylation sites (tertiary alicyclic amines) is 1. The van der Waals surface area contributed by atoms with Crippen LogP contribution in [0.25, 0.3) is 0 Å². The van der Waals surface area contributed by atoms with Crippen LogP contribution in [0.15, 0.2) is 36.4 Å². The lowest BCUT2D eigenvalue weighted by Crippen LogP contribution is -2.58. The van der Waals surface area contributed by atoms with Gasteiger partial charge in [0, 0.05) is 44.5 Å². The first-order chi connectivity index (χ1) is 20.7. The van der Waals surface area contributed by atoms with Crippen molar-refractivity contribution in [1.29, 1.82) is 0 Å². The van der Waals surface area contributed by atoms with Gasteiger partial charge in [-0.2, -0.15) is 0 Å². The molecule has 2 bridgehead atoms. The third-order valence-electron chi connectivity index (χ3n) is 11.0. The van der Waals surface area contributed by atoms with Crippen molar-refractivity contribution in [2.45, 2.75) is 77.2 Å². The maximum absolute atomic E-state index is 14.3. The van der Waals surface area contributed by atoms with Crippen molar-refractivity contribution in [3.8, 4) is 0 Å². The summed E-state index contributed by atoms with van der Waals surface area (Å²) >= 11 is 0. The second-order valence-electron chi connectivity index (χ2n) is 13.6. The average Bonchev–Trinajstić information content (AvgIpc) is 3.63. The molecular formula is C34H49N5O4. The van der Waals surface area contributed by atoms with Gasteiger partial charge in [-0.3, -0.25) is 14.4 Å². The number of aryl methyl sites for hydroxylation is 1. The van der Waals surface area contributed by atoms with Gasteiger partial charge in [-0.15, -0.1) is 0 Å².